The quantitative estimate of drug-likeness (QED) is 0.749. The van der Waals surface area contributed by atoms with Gasteiger partial charge < -0.3 is 9.80 Å². The largest absolute Gasteiger partial charge is 0.328 e. The monoisotopic (exact) mass is 376 g/mol. The summed E-state index contributed by atoms with van der Waals surface area (Å²) in [5.74, 6) is 0.0974. The van der Waals surface area contributed by atoms with E-state index in [1.165, 1.54) is 10.5 Å². The Hall–Kier alpha value is -2.99. The van der Waals surface area contributed by atoms with Crippen LogP contribution in [0.2, 0.25) is 0 Å². The number of hydrogen-bond acceptors (Lipinski definition) is 3. The Balaban J connectivity index is 1.45. The van der Waals surface area contributed by atoms with Gasteiger partial charge in [0.2, 0.25) is 0 Å². The van der Waals surface area contributed by atoms with Crippen molar-refractivity contribution < 1.29 is 9.69 Å². The number of nitrogens with zero attached hydrogens (tertiary/aromatic N) is 4. The summed E-state index contributed by atoms with van der Waals surface area (Å²) in [6, 6.07) is 14.1. The third kappa shape index (κ3) is 3.68. The summed E-state index contributed by atoms with van der Waals surface area (Å²) >= 11 is 0. The summed E-state index contributed by atoms with van der Waals surface area (Å²) in [4.78, 5) is 20.8. The fourth-order valence-electron chi connectivity index (χ4n) is 3.92. The molecule has 4 rings (SSSR count). The molecule has 3 heterocycles. The minimum Gasteiger partial charge on any atom is -0.328 e. The normalized spacial score (nSPS) is 15.0. The van der Waals surface area contributed by atoms with Crippen LogP contribution in [0.4, 0.5) is 0 Å². The Morgan fingerprint density at radius 2 is 1.71 bits per heavy atom. The average Bonchev–Trinajstić information content (AvgIpc) is 3.03. The van der Waals surface area contributed by atoms with Crippen LogP contribution >= 0.6 is 0 Å². The Labute approximate surface area is 165 Å². The van der Waals surface area contributed by atoms with Gasteiger partial charge in [-0.15, -0.1) is 0 Å². The lowest BCUT2D eigenvalue weighted by molar-refractivity contribution is -0.917. The summed E-state index contributed by atoms with van der Waals surface area (Å²) in [7, 11) is 0. The number of piperazine rings is 1. The molecule has 1 fully saturated rings. The molecule has 0 radical (unpaired) electrons. The topological polar surface area (TPSA) is 55.5 Å². The van der Waals surface area contributed by atoms with Gasteiger partial charge >= 0.3 is 0 Å². The van der Waals surface area contributed by atoms with E-state index in [1.807, 2.05) is 66.2 Å². The lowest BCUT2D eigenvalue weighted by atomic mass is 10.1. The molecule has 0 saturated carbocycles. The Morgan fingerprint density at radius 1 is 1.04 bits per heavy atom. The number of rotatable bonds is 4. The summed E-state index contributed by atoms with van der Waals surface area (Å²) in [5, 5.41) is 4.63. The molecular weight excluding hydrogens is 350 g/mol. The molecule has 1 aromatic carbocycles. The number of benzene rings is 1. The van der Waals surface area contributed by atoms with E-state index in [4.69, 9.17) is 0 Å². The van der Waals surface area contributed by atoms with Gasteiger partial charge in [0.1, 0.15) is 6.54 Å². The van der Waals surface area contributed by atoms with E-state index < -0.39 is 0 Å². The lowest BCUT2D eigenvalue weighted by Crippen LogP contribution is -3.13. The highest BCUT2D eigenvalue weighted by molar-refractivity contribution is 5.96. The van der Waals surface area contributed by atoms with Crippen molar-refractivity contribution in [3.8, 4) is 5.69 Å². The predicted octanol–water partition coefficient (Wildman–Crippen LogP) is 1.43. The van der Waals surface area contributed by atoms with E-state index in [0.29, 0.717) is 0 Å². The molecule has 1 N–H and O–H groups in total. The number of quaternary nitrogens is 1. The van der Waals surface area contributed by atoms with E-state index in [0.717, 1.165) is 55.4 Å². The maximum Gasteiger partial charge on any atom is 0.258 e. The zero-order valence-corrected chi connectivity index (χ0v) is 16.4. The van der Waals surface area contributed by atoms with Crippen molar-refractivity contribution >= 4 is 5.91 Å². The number of amides is 1. The van der Waals surface area contributed by atoms with E-state index in [9.17, 15) is 4.79 Å². The molecule has 6 heteroatoms. The molecule has 6 nitrogen and oxygen atoms in total. The number of hydrogen-bond donors (Lipinski definition) is 1. The molecule has 0 unspecified atom stereocenters. The molecule has 1 aliphatic heterocycles. The van der Waals surface area contributed by atoms with E-state index in [-0.39, 0.29) is 5.91 Å². The van der Waals surface area contributed by atoms with Crippen LogP contribution in [0.1, 0.15) is 27.3 Å². The zero-order valence-electron chi connectivity index (χ0n) is 16.4. The molecule has 1 amide bonds. The molecule has 2 aromatic heterocycles. The van der Waals surface area contributed by atoms with Gasteiger partial charge in [-0.25, -0.2) is 4.68 Å². The number of nitrogens with one attached hydrogen (secondary N) is 1. The van der Waals surface area contributed by atoms with Crippen LogP contribution in [0.15, 0.2) is 54.9 Å². The molecule has 1 aliphatic rings. The summed E-state index contributed by atoms with van der Waals surface area (Å²) < 4.78 is 1.87. The molecule has 0 atom stereocenters. The van der Waals surface area contributed by atoms with Crippen LogP contribution in [0, 0.1) is 13.8 Å². The van der Waals surface area contributed by atoms with Gasteiger partial charge in [0.05, 0.1) is 48.8 Å². The predicted molar refractivity (Wildman–Crippen MR) is 108 cm³/mol. The van der Waals surface area contributed by atoms with Crippen molar-refractivity contribution in [2.45, 2.75) is 20.4 Å². The van der Waals surface area contributed by atoms with E-state index >= 15 is 0 Å². The van der Waals surface area contributed by atoms with Crippen molar-refractivity contribution in [2.24, 2.45) is 0 Å². The van der Waals surface area contributed by atoms with Gasteiger partial charge in [-0.3, -0.25) is 9.78 Å². The smallest absolute Gasteiger partial charge is 0.258 e. The van der Waals surface area contributed by atoms with Gasteiger partial charge in [0.25, 0.3) is 5.91 Å². The number of aromatic nitrogens is 3. The molecule has 3 aromatic rings. The number of para-hydroxylation sites is 1. The lowest BCUT2D eigenvalue weighted by Gasteiger charge is -2.32. The first-order chi connectivity index (χ1) is 13.6. The Bertz CT molecular complexity index is 944. The van der Waals surface area contributed by atoms with Crippen LogP contribution in [0.5, 0.6) is 0 Å². The van der Waals surface area contributed by atoms with Gasteiger partial charge in [0.15, 0.2) is 0 Å². The van der Waals surface area contributed by atoms with Crippen molar-refractivity contribution in [1.82, 2.24) is 19.7 Å². The van der Waals surface area contributed by atoms with E-state index in [1.54, 1.807) is 0 Å². The van der Waals surface area contributed by atoms with Gasteiger partial charge in [0, 0.05) is 18.0 Å². The second-order valence-corrected chi connectivity index (χ2v) is 7.37. The summed E-state index contributed by atoms with van der Waals surface area (Å²) in [6.45, 7) is 8.34. The van der Waals surface area contributed by atoms with Crippen LogP contribution in [0.3, 0.4) is 0 Å². The highest BCUT2D eigenvalue weighted by Crippen LogP contribution is 2.19. The summed E-state index contributed by atoms with van der Waals surface area (Å²) in [6.07, 6.45) is 3.68. The fraction of sp³-hybridized carbons (Fsp3) is 0.318. The first kappa shape index (κ1) is 18.4. The fourth-order valence-corrected chi connectivity index (χ4v) is 3.92. The highest BCUT2D eigenvalue weighted by atomic mass is 16.2. The second-order valence-electron chi connectivity index (χ2n) is 7.37. The summed E-state index contributed by atoms with van der Waals surface area (Å²) in [5.41, 5.74) is 4.70. The molecule has 0 bridgehead atoms. The van der Waals surface area contributed by atoms with Crippen molar-refractivity contribution in [3.63, 3.8) is 0 Å². The molecule has 0 aliphatic carbocycles. The van der Waals surface area contributed by atoms with Crippen molar-refractivity contribution in [3.05, 3.63) is 77.4 Å². The number of aryl methyl sites for hydroxylation is 1. The SMILES string of the molecule is Cc1nn(-c2ccccc2)c(C)c1C(=O)N1CC[NH+](Cc2ccncc2)CC1. The minimum atomic E-state index is 0.0974. The van der Waals surface area contributed by atoms with Crippen LogP contribution < -0.4 is 4.90 Å². The van der Waals surface area contributed by atoms with E-state index in [2.05, 4.69) is 22.2 Å². The Kier molecular flexibility index (Phi) is 5.21. The van der Waals surface area contributed by atoms with Crippen molar-refractivity contribution in [1.29, 1.82) is 0 Å². The molecular formula is C22H26N5O+. The van der Waals surface area contributed by atoms with Crippen LogP contribution in [-0.4, -0.2) is 51.8 Å². The first-order valence-electron chi connectivity index (χ1n) is 9.77. The van der Waals surface area contributed by atoms with Crippen molar-refractivity contribution in [2.75, 3.05) is 26.2 Å². The van der Waals surface area contributed by atoms with Gasteiger partial charge in [-0.2, -0.15) is 5.10 Å². The number of carbonyl (C=O) groups is 1. The number of pyridine rings is 1. The highest BCUT2D eigenvalue weighted by Gasteiger charge is 2.28. The minimum absolute atomic E-state index is 0.0974. The molecule has 1 saturated heterocycles. The third-order valence-electron chi connectivity index (χ3n) is 5.47. The molecule has 28 heavy (non-hydrogen) atoms. The first-order valence-corrected chi connectivity index (χ1v) is 9.77. The van der Waals surface area contributed by atoms with Gasteiger partial charge in [-0.05, 0) is 38.1 Å². The van der Waals surface area contributed by atoms with Gasteiger partial charge in [-0.1, -0.05) is 18.2 Å². The standard InChI is InChI=1S/C22H25N5O/c1-17-21(18(2)27(24-17)20-6-4-3-5-7-20)22(28)26-14-12-25(13-15-26)16-19-8-10-23-11-9-19/h3-11H,12-16H2,1-2H3/p+1. The maximum atomic E-state index is 13.2. The third-order valence-corrected chi connectivity index (χ3v) is 5.47. The molecule has 0 spiro atoms. The number of carbonyl (C=O) groups excluding carboxylic acids is 1. The average molecular weight is 376 g/mol. The van der Waals surface area contributed by atoms with Crippen LogP contribution in [0.25, 0.3) is 5.69 Å². The van der Waals surface area contributed by atoms with Crippen LogP contribution in [-0.2, 0) is 6.54 Å². The molecule has 144 valence electrons. The Morgan fingerprint density at radius 3 is 2.39 bits per heavy atom. The zero-order chi connectivity index (χ0) is 19.5. The maximum absolute atomic E-state index is 13.2. The second kappa shape index (κ2) is 7.94.